The van der Waals surface area contributed by atoms with Crippen LogP contribution in [0.5, 0.6) is 0 Å². The van der Waals surface area contributed by atoms with Gasteiger partial charge in [0.25, 0.3) is 0 Å². The molecule has 4 heteroatoms. The summed E-state index contributed by atoms with van der Waals surface area (Å²) in [6, 6.07) is 4.27. The van der Waals surface area contributed by atoms with E-state index in [9.17, 15) is 0 Å². The Kier molecular flexibility index (Phi) is 3.10. The van der Waals surface area contributed by atoms with E-state index in [1.165, 1.54) is 0 Å². The minimum atomic E-state index is 0.463. The Balaban J connectivity index is 2.24. The number of hydrogen-bond donors (Lipinski definition) is 1. The van der Waals surface area contributed by atoms with Crippen LogP contribution in [-0.4, -0.2) is 15.8 Å². The van der Waals surface area contributed by atoms with Crippen LogP contribution in [0.3, 0.4) is 0 Å². The SMILES string of the molecule is CC(C)NCc1cn(C)nc1-c1ccco1. The van der Waals surface area contributed by atoms with E-state index in [1.54, 1.807) is 6.26 Å². The van der Waals surface area contributed by atoms with Gasteiger partial charge < -0.3 is 9.73 Å². The number of aryl methyl sites for hydroxylation is 1. The molecule has 4 nitrogen and oxygen atoms in total. The third-order valence-corrected chi connectivity index (χ3v) is 2.36. The number of nitrogens with zero attached hydrogens (tertiary/aromatic N) is 2. The van der Waals surface area contributed by atoms with E-state index in [0.717, 1.165) is 23.6 Å². The maximum Gasteiger partial charge on any atom is 0.154 e. The summed E-state index contributed by atoms with van der Waals surface area (Å²) in [5.74, 6) is 0.821. The van der Waals surface area contributed by atoms with Crippen LogP contribution >= 0.6 is 0 Å². The molecule has 0 aliphatic carbocycles. The van der Waals surface area contributed by atoms with Crippen LogP contribution in [-0.2, 0) is 13.6 Å². The molecule has 0 spiro atoms. The fourth-order valence-corrected chi connectivity index (χ4v) is 1.60. The fraction of sp³-hybridized carbons (Fsp3) is 0.417. The zero-order valence-corrected chi connectivity index (χ0v) is 9.90. The van der Waals surface area contributed by atoms with Crippen LogP contribution in [0, 0.1) is 0 Å². The number of hydrogen-bond acceptors (Lipinski definition) is 3. The summed E-state index contributed by atoms with van der Waals surface area (Å²) in [5.41, 5.74) is 2.08. The average molecular weight is 219 g/mol. The van der Waals surface area contributed by atoms with Gasteiger partial charge in [0.15, 0.2) is 5.76 Å². The smallest absolute Gasteiger partial charge is 0.154 e. The van der Waals surface area contributed by atoms with Gasteiger partial charge in [-0.3, -0.25) is 4.68 Å². The van der Waals surface area contributed by atoms with Gasteiger partial charge in [-0.1, -0.05) is 13.8 Å². The average Bonchev–Trinajstić information content (AvgIpc) is 2.82. The van der Waals surface area contributed by atoms with Crippen LogP contribution in [0.2, 0.25) is 0 Å². The Labute approximate surface area is 95.3 Å². The largest absolute Gasteiger partial charge is 0.463 e. The summed E-state index contributed by atoms with van der Waals surface area (Å²) in [6.45, 7) is 5.06. The highest BCUT2D eigenvalue weighted by molar-refractivity contribution is 5.56. The molecule has 0 radical (unpaired) electrons. The molecule has 1 N–H and O–H groups in total. The van der Waals surface area contributed by atoms with Crippen LogP contribution in [0.4, 0.5) is 0 Å². The van der Waals surface area contributed by atoms with Crippen LogP contribution < -0.4 is 5.32 Å². The molecule has 0 aliphatic rings. The first kappa shape index (κ1) is 11.0. The van der Waals surface area contributed by atoms with Crippen molar-refractivity contribution in [1.29, 1.82) is 0 Å². The maximum absolute atomic E-state index is 5.38. The van der Waals surface area contributed by atoms with Gasteiger partial charge in [0, 0.05) is 31.4 Å². The lowest BCUT2D eigenvalue weighted by molar-refractivity contribution is 0.571. The molecule has 2 aromatic rings. The predicted molar refractivity (Wildman–Crippen MR) is 62.9 cm³/mol. The van der Waals surface area contributed by atoms with Crippen LogP contribution in [0.25, 0.3) is 11.5 Å². The van der Waals surface area contributed by atoms with Gasteiger partial charge in [-0.25, -0.2) is 0 Å². The molecule has 0 saturated carbocycles. The molecule has 0 saturated heterocycles. The lowest BCUT2D eigenvalue weighted by Gasteiger charge is -2.06. The Morgan fingerprint density at radius 2 is 2.31 bits per heavy atom. The first-order valence-corrected chi connectivity index (χ1v) is 5.46. The molecular formula is C12H17N3O. The lowest BCUT2D eigenvalue weighted by Crippen LogP contribution is -2.21. The van der Waals surface area contributed by atoms with Crippen molar-refractivity contribution < 1.29 is 4.42 Å². The summed E-state index contributed by atoms with van der Waals surface area (Å²) >= 11 is 0. The molecule has 0 aromatic carbocycles. The molecule has 16 heavy (non-hydrogen) atoms. The quantitative estimate of drug-likeness (QED) is 0.857. The van der Waals surface area contributed by atoms with Crippen LogP contribution in [0.15, 0.2) is 29.0 Å². The van der Waals surface area contributed by atoms with Gasteiger partial charge >= 0.3 is 0 Å². The van der Waals surface area contributed by atoms with Gasteiger partial charge in [0.1, 0.15) is 5.69 Å². The number of nitrogens with one attached hydrogen (secondary N) is 1. The maximum atomic E-state index is 5.38. The van der Waals surface area contributed by atoms with Crippen molar-refractivity contribution in [3.05, 3.63) is 30.2 Å². The minimum absolute atomic E-state index is 0.463. The second kappa shape index (κ2) is 4.53. The van der Waals surface area contributed by atoms with Gasteiger partial charge in [0.2, 0.25) is 0 Å². The normalized spacial score (nSPS) is 11.2. The molecule has 0 aliphatic heterocycles. The molecule has 2 heterocycles. The first-order valence-electron chi connectivity index (χ1n) is 5.46. The fourth-order valence-electron chi connectivity index (χ4n) is 1.60. The second-order valence-electron chi connectivity index (χ2n) is 4.19. The van der Waals surface area contributed by atoms with Crippen molar-refractivity contribution in [1.82, 2.24) is 15.1 Å². The third-order valence-electron chi connectivity index (χ3n) is 2.36. The Morgan fingerprint density at radius 3 is 2.94 bits per heavy atom. The molecule has 0 unspecified atom stereocenters. The number of furan rings is 1. The van der Waals surface area contributed by atoms with Crippen molar-refractivity contribution in [2.75, 3.05) is 0 Å². The molecule has 0 atom stereocenters. The summed E-state index contributed by atoms with van der Waals surface area (Å²) in [7, 11) is 1.92. The van der Waals surface area contributed by atoms with Gasteiger partial charge in [-0.15, -0.1) is 0 Å². The highest BCUT2D eigenvalue weighted by atomic mass is 16.3. The minimum Gasteiger partial charge on any atom is -0.463 e. The molecule has 0 fully saturated rings. The van der Waals surface area contributed by atoms with E-state index >= 15 is 0 Å². The van der Waals surface area contributed by atoms with E-state index in [0.29, 0.717) is 6.04 Å². The molecule has 2 aromatic heterocycles. The Bertz CT molecular complexity index is 443. The van der Waals surface area contributed by atoms with E-state index in [4.69, 9.17) is 4.42 Å². The summed E-state index contributed by atoms with van der Waals surface area (Å²) in [4.78, 5) is 0. The monoisotopic (exact) mass is 219 g/mol. The molecule has 2 rings (SSSR count). The molecule has 86 valence electrons. The summed E-state index contributed by atoms with van der Waals surface area (Å²) in [6.07, 6.45) is 3.69. The number of aromatic nitrogens is 2. The van der Waals surface area contributed by atoms with E-state index in [2.05, 4.69) is 24.3 Å². The zero-order chi connectivity index (χ0) is 11.5. The van der Waals surface area contributed by atoms with Crippen molar-refractivity contribution >= 4 is 0 Å². The van der Waals surface area contributed by atoms with Gasteiger partial charge in [-0.05, 0) is 12.1 Å². The van der Waals surface area contributed by atoms with Gasteiger partial charge in [-0.2, -0.15) is 5.10 Å². The first-order chi connectivity index (χ1) is 7.66. The Morgan fingerprint density at radius 1 is 1.50 bits per heavy atom. The van der Waals surface area contributed by atoms with Gasteiger partial charge in [0.05, 0.1) is 6.26 Å². The van der Waals surface area contributed by atoms with E-state index in [1.807, 2.05) is 30.1 Å². The van der Waals surface area contributed by atoms with E-state index in [-0.39, 0.29) is 0 Å². The molecular weight excluding hydrogens is 202 g/mol. The van der Waals surface area contributed by atoms with Crippen molar-refractivity contribution in [3.8, 4) is 11.5 Å². The summed E-state index contributed by atoms with van der Waals surface area (Å²) in [5, 5.41) is 7.80. The van der Waals surface area contributed by atoms with Crippen molar-refractivity contribution in [3.63, 3.8) is 0 Å². The highest BCUT2D eigenvalue weighted by Gasteiger charge is 2.12. The zero-order valence-electron chi connectivity index (χ0n) is 9.90. The summed E-state index contributed by atoms with van der Waals surface area (Å²) < 4.78 is 7.19. The Hall–Kier alpha value is -1.55. The second-order valence-corrected chi connectivity index (χ2v) is 4.19. The molecule has 0 amide bonds. The van der Waals surface area contributed by atoms with E-state index < -0.39 is 0 Å². The third kappa shape index (κ3) is 2.33. The highest BCUT2D eigenvalue weighted by Crippen LogP contribution is 2.22. The lowest BCUT2D eigenvalue weighted by atomic mass is 10.2. The molecule has 0 bridgehead atoms. The predicted octanol–water partition coefficient (Wildman–Crippen LogP) is 2.18. The number of rotatable bonds is 4. The van der Waals surface area contributed by atoms with Crippen LogP contribution in [0.1, 0.15) is 19.4 Å². The van der Waals surface area contributed by atoms with Crippen molar-refractivity contribution in [2.24, 2.45) is 7.05 Å². The van der Waals surface area contributed by atoms with Crippen molar-refractivity contribution in [2.45, 2.75) is 26.4 Å². The standard InChI is InChI=1S/C12H17N3O/c1-9(2)13-7-10-8-15(3)14-12(10)11-5-4-6-16-11/h4-6,8-9,13H,7H2,1-3H3. The topological polar surface area (TPSA) is 43.0 Å².